The molecular weight excluding hydrogens is 411 g/mol. The highest BCUT2D eigenvalue weighted by atomic mass is 31.1. The molecule has 0 saturated heterocycles. The van der Waals surface area contributed by atoms with Crippen LogP contribution < -0.4 is 15.9 Å². The van der Waals surface area contributed by atoms with E-state index in [0.717, 1.165) is 22.1 Å². The van der Waals surface area contributed by atoms with Crippen molar-refractivity contribution < 1.29 is 9.15 Å². The molecular formula is C29H25O2P. The number of ether oxygens (including phenoxy) is 1. The zero-order valence-electron chi connectivity index (χ0n) is 18.0. The van der Waals surface area contributed by atoms with Gasteiger partial charge >= 0.3 is 0 Å². The Morgan fingerprint density at radius 1 is 0.688 bits per heavy atom. The molecule has 0 aliphatic heterocycles. The Morgan fingerprint density at radius 2 is 1.28 bits per heavy atom. The van der Waals surface area contributed by atoms with Gasteiger partial charge in [-0.3, -0.25) is 0 Å². The van der Waals surface area contributed by atoms with E-state index in [-0.39, 0.29) is 6.10 Å². The van der Waals surface area contributed by atoms with E-state index >= 15 is 0 Å². The molecule has 0 radical (unpaired) electrons. The molecule has 0 bridgehead atoms. The molecule has 1 aromatic heterocycles. The Morgan fingerprint density at radius 3 is 1.91 bits per heavy atom. The third-order valence-electron chi connectivity index (χ3n) is 5.60. The maximum absolute atomic E-state index is 6.17. The van der Waals surface area contributed by atoms with Crippen molar-refractivity contribution in [2.24, 2.45) is 0 Å². The lowest BCUT2D eigenvalue weighted by molar-refractivity contribution is 0.0914. The van der Waals surface area contributed by atoms with Crippen LogP contribution in [0, 0.1) is 0 Å². The molecule has 0 aliphatic rings. The van der Waals surface area contributed by atoms with Gasteiger partial charge in [-0.15, -0.1) is 0 Å². The normalized spacial score (nSPS) is 12.3. The highest BCUT2D eigenvalue weighted by Gasteiger charge is 2.19. The van der Waals surface area contributed by atoms with Gasteiger partial charge in [-0.1, -0.05) is 97.1 Å². The summed E-state index contributed by atoms with van der Waals surface area (Å²) < 4.78 is 11.8. The SMILES string of the molecule is CCOC(c1ccc(P(c2ccccc2)c2ccccc2)cc1)c1ccc2ccoc2c1. The molecule has 32 heavy (non-hydrogen) atoms. The monoisotopic (exact) mass is 436 g/mol. The molecule has 1 atom stereocenters. The summed E-state index contributed by atoms with van der Waals surface area (Å²) in [6.45, 7) is 2.68. The fourth-order valence-electron chi connectivity index (χ4n) is 4.09. The Labute approximate surface area is 190 Å². The van der Waals surface area contributed by atoms with Gasteiger partial charge in [0.05, 0.1) is 6.26 Å². The van der Waals surface area contributed by atoms with Crippen molar-refractivity contribution >= 4 is 34.8 Å². The topological polar surface area (TPSA) is 22.4 Å². The van der Waals surface area contributed by atoms with Crippen LogP contribution in [0.3, 0.4) is 0 Å². The first-order valence-corrected chi connectivity index (χ1v) is 12.3. The second-order valence-corrected chi connectivity index (χ2v) is 9.87. The highest BCUT2D eigenvalue weighted by molar-refractivity contribution is 7.79. The fraction of sp³-hybridized carbons (Fsp3) is 0.103. The van der Waals surface area contributed by atoms with Crippen LogP contribution in [-0.2, 0) is 4.74 Å². The van der Waals surface area contributed by atoms with Crippen LogP contribution in [0.2, 0.25) is 0 Å². The summed E-state index contributed by atoms with van der Waals surface area (Å²) in [4.78, 5) is 0. The quantitative estimate of drug-likeness (QED) is 0.279. The van der Waals surface area contributed by atoms with E-state index in [1.807, 2.05) is 13.0 Å². The second-order valence-electron chi connectivity index (χ2n) is 7.65. The van der Waals surface area contributed by atoms with Crippen molar-refractivity contribution in [3.63, 3.8) is 0 Å². The molecule has 0 fully saturated rings. The van der Waals surface area contributed by atoms with Crippen LogP contribution in [0.4, 0.5) is 0 Å². The van der Waals surface area contributed by atoms with Crippen molar-refractivity contribution in [1.82, 2.24) is 0 Å². The number of hydrogen-bond donors (Lipinski definition) is 0. The van der Waals surface area contributed by atoms with Crippen LogP contribution in [0.5, 0.6) is 0 Å². The molecule has 0 amide bonds. The molecule has 5 rings (SSSR count). The molecule has 3 heteroatoms. The molecule has 1 heterocycles. The van der Waals surface area contributed by atoms with E-state index in [0.29, 0.717) is 6.61 Å². The lowest BCUT2D eigenvalue weighted by Crippen LogP contribution is -2.20. The summed E-state index contributed by atoms with van der Waals surface area (Å²) in [7, 11) is -0.613. The van der Waals surface area contributed by atoms with E-state index in [2.05, 4.69) is 103 Å². The number of hydrogen-bond acceptors (Lipinski definition) is 2. The molecule has 0 saturated carbocycles. The first kappa shape index (κ1) is 20.7. The van der Waals surface area contributed by atoms with Crippen LogP contribution in [0.1, 0.15) is 24.2 Å². The highest BCUT2D eigenvalue weighted by Crippen LogP contribution is 2.34. The molecule has 0 spiro atoms. The van der Waals surface area contributed by atoms with Crippen LogP contribution in [-0.4, -0.2) is 6.61 Å². The van der Waals surface area contributed by atoms with Crippen molar-refractivity contribution in [3.05, 3.63) is 127 Å². The number of furan rings is 1. The molecule has 4 aromatic carbocycles. The average molecular weight is 436 g/mol. The van der Waals surface area contributed by atoms with Gasteiger partial charge in [0.25, 0.3) is 0 Å². The van der Waals surface area contributed by atoms with Crippen molar-refractivity contribution in [3.8, 4) is 0 Å². The lowest BCUT2D eigenvalue weighted by Gasteiger charge is -2.22. The summed E-state index contributed by atoms with van der Waals surface area (Å²) in [5, 5.41) is 5.14. The van der Waals surface area contributed by atoms with Crippen LogP contribution >= 0.6 is 7.92 Å². The number of benzene rings is 4. The Hall–Kier alpha value is -3.19. The molecule has 0 N–H and O–H groups in total. The fourth-order valence-corrected chi connectivity index (χ4v) is 6.37. The minimum absolute atomic E-state index is 0.122. The standard InChI is InChI=1S/C29H25O2P/c1-2-30-29(24-14-13-22-19-20-31-28(22)21-24)23-15-17-27(18-16-23)32(25-9-5-3-6-10-25)26-11-7-4-8-12-26/h3-21,29H,2H2,1H3. The van der Waals surface area contributed by atoms with Gasteiger partial charge in [-0.25, -0.2) is 0 Å². The number of rotatable bonds is 7. The molecule has 158 valence electrons. The molecule has 1 unspecified atom stereocenters. The van der Waals surface area contributed by atoms with Crippen molar-refractivity contribution in [2.75, 3.05) is 6.61 Å². The Bertz CT molecular complexity index is 1240. The van der Waals surface area contributed by atoms with Crippen molar-refractivity contribution in [1.29, 1.82) is 0 Å². The van der Waals surface area contributed by atoms with Gasteiger partial charge in [0.2, 0.25) is 0 Å². The second kappa shape index (κ2) is 9.53. The maximum Gasteiger partial charge on any atom is 0.134 e. The average Bonchev–Trinajstić information content (AvgIpc) is 3.33. The minimum atomic E-state index is -0.613. The summed E-state index contributed by atoms with van der Waals surface area (Å²) in [5.74, 6) is 0. The Kier molecular flexibility index (Phi) is 6.16. The minimum Gasteiger partial charge on any atom is -0.464 e. The Balaban J connectivity index is 1.51. The van der Waals surface area contributed by atoms with E-state index < -0.39 is 7.92 Å². The third-order valence-corrected chi connectivity index (χ3v) is 8.04. The van der Waals surface area contributed by atoms with Gasteiger partial charge in [-0.2, -0.15) is 0 Å². The maximum atomic E-state index is 6.17. The van der Waals surface area contributed by atoms with E-state index in [1.165, 1.54) is 15.9 Å². The zero-order valence-corrected chi connectivity index (χ0v) is 18.9. The summed E-state index contributed by atoms with van der Waals surface area (Å²) in [6, 6.07) is 38.8. The van der Waals surface area contributed by atoms with Crippen LogP contribution in [0.25, 0.3) is 11.0 Å². The van der Waals surface area contributed by atoms with Gasteiger partial charge < -0.3 is 9.15 Å². The third kappa shape index (κ3) is 4.25. The smallest absolute Gasteiger partial charge is 0.134 e. The summed E-state index contributed by atoms with van der Waals surface area (Å²) >= 11 is 0. The van der Waals surface area contributed by atoms with Gasteiger partial charge in [0, 0.05) is 12.0 Å². The lowest BCUT2D eigenvalue weighted by atomic mass is 10.0. The first-order valence-electron chi connectivity index (χ1n) is 10.9. The summed E-state index contributed by atoms with van der Waals surface area (Å²) in [6.07, 6.45) is 1.61. The van der Waals surface area contributed by atoms with Gasteiger partial charge in [0.1, 0.15) is 11.7 Å². The van der Waals surface area contributed by atoms with Gasteiger partial charge in [0.15, 0.2) is 0 Å². The molecule has 0 aliphatic carbocycles. The van der Waals surface area contributed by atoms with E-state index in [4.69, 9.17) is 9.15 Å². The predicted molar refractivity (Wildman–Crippen MR) is 135 cm³/mol. The largest absolute Gasteiger partial charge is 0.464 e. The first-order chi connectivity index (χ1) is 15.8. The molecule has 5 aromatic rings. The summed E-state index contributed by atoms with van der Waals surface area (Å²) in [5.41, 5.74) is 3.15. The van der Waals surface area contributed by atoms with E-state index in [1.54, 1.807) is 6.26 Å². The number of fused-ring (bicyclic) bond motifs is 1. The zero-order chi connectivity index (χ0) is 21.8. The molecule has 2 nitrogen and oxygen atoms in total. The van der Waals surface area contributed by atoms with Gasteiger partial charge in [-0.05, 0) is 54.0 Å². The predicted octanol–water partition coefficient (Wildman–Crippen LogP) is 6.32. The van der Waals surface area contributed by atoms with E-state index in [9.17, 15) is 0 Å². The van der Waals surface area contributed by atoms with Crippen LogP contribution in [0.15, 0.2) is 120 Å². The van der Waals surface area contributed by atoms with Crippen molar-refractivity contribution in [2.45, 2.75) is 13.0 Å².